The van der Waals surface area contributed by atoms with Gasteiger partial charge in [0.1, 0.15) is 0 Å². The largest absolute Gasteiger partial charge is 0.481 e. The van der Waals surface area contributed by atoms with Crippen LogP contribution in [0.15, 0.2) is 42.6 Å². The molecule has 0 spiro atoms. The first-order chi connectivity index (χ1) is 11.8. The molecule has 0 unspecified atom stereocenters. The van der Waals surface area contributed by atoms with E-state index >= 15 is 0 Å². The lowest BCUT2D eigenvalue weighted by molar-refractivity contribution is -0.139. The van der Waals surface area contributed by atoms with E-state index < -0.39 is 23.4 Å². The zero-order valence-corrected chi connectivity index (χ0v) is 13.8. The Morgan fingerprint density at radius 3 is 2.64 bits per heavy atom. The van der Waals surface area contributed by atoms with Gasteiger partial charge in [-0.1, -0.05) is 24.3 Å². The minimum atomic E-state index is -3.65. The molecule has 25 heavy (non-hydrogen) atoms. The number of allylic oxidation sites excluding steroid dienone is 2. The van der Waals surface area contributed by atoms with Crippen molar-refractivity contribution in [2.24, 2.45) is 0 Å². The van der Waals surface area contributed by atoms with Gasteiger partial charge in [0.25, 0.3) is 0 Å². The third kappa shape index (κ3) is 3.05. The maximum atomic E-state index is 14.5. The van der Waals surface area contributed by atoms with Crippen LogP contribution >= 0.6 is 0 Å². The minimum Gasteiger partial charge on any atom is -0.481 e. The molecular weight excluding hydrogens is 328 g/mol. The number of carbonyl (C=O) groups excluding carboxylic acids is 1. The normalized spacial score (nSPS) is 16.8. The molecule has 2 aromatic rings. The molecule has 1 atom stereocenters. The first-order valence-electron chi connectivity index (χ1n) is 7.78. The number of aromatic nitrogens is 1. The molecule has 0 bridgehead atoms. The quantitative estimate of drug-likeness (QED) is 0.922. The molecule has 130 valence electrons. The summed E-state index contributed by atoms with van der Waals surface area (Å²) in [6, 6.07) is 8.00. The molecule has 1 aliphatic rings. The number of benzene rings is 1. The molecule has 0 aliphatic heterocycles. The molecule has 4 nitrogen and oxygen atoms in total. The van der Waals surface area contributed by atoms with Crippen LogP contribution in [0.2, 0.25) is 0 Å². The average molecular weight is 345 g/mol. The fourth-order valence-corrected chi connectivity index (χ4v) is 2.99. The summed E-state index contributed by atoms with van der Waals surface area (Å²) in [6.07, 6.45) is 1.73. The van der Waals surface area contributed by atoms with Crippen molar-refractivity contribution in [3.8, 4) is 5.88 Å². The monoisotopic (exact) mass is 345 g/mol. The summed E-state index contributed by atoms with van der Waals surface area (Å²) in [5, 5.41) is 9.84. The van der Waals surface area contributed by atoms with Gasteiger partial charge >= 0.3 is 5.92 Å². The van der Waals surface area contributed by atoms with Crippen molar-refractivity contribution >= 4 is 11.4 Å². The molecule has 0 amide bonds. The zero-order valence-electron chi connectivity index (χ0n) is 13.8. The minimum absolute atomic E-state index is 0.0642. The number of hydrogen-bond donors (Lipinski definition) is 1. The van der Waals surface area contributed by atoms with Crippen LogP contribution in [0.25, 0.3) is 5.57 Å². The first kappa shape index (κ1) is 17.2. The molecule has 1 aromatic carbocycles. The van der Waals surface area contributed by atoms with Crippen LogP contribution < -0.4 is 4.74 Å². The van der Waals surface area contributed by atoms with Crippen LogP contribution in [0.1, 0.15) is 35.3 Å². The first-order valence-corrected chi connectivity index (χ1v) is 7.78. The Bertz CT molecular complexity index is 842. The number of carbonyl (C=O) groups is 1. The lowest BCUT2D eigenvalue weighted by atomic mass is 9.81. The maximum Gasteiger partial charge on any atom is 0.335 e. The molecule has 1 aromatic heterocycles. The third-order valence-electron chi connectivity index (χ3n) is 4.22. The Hall–Kier alpha value is -2.60. The molecule has 0 saturated heterocycles. The number of aliphatic hydroxyl groups is 1. The summed E-state index contributed by atoms with van der Waals surface area (Å²) in [4.78, 5) is 16.1. The number of rotatable bonds is 4. The van der Waals surface area contributed by atoms with E-state index in [0.29, 0.717) is 11.5 Å². The number of nitrogens with zero attached hydrogens (tertiary/aromatic N) is 1. The second kappa shape index (κ2) is 6.37. The van der Waals surface area contributed by atoms with Gasteiger partial charge < -0.3 is 9.84 Å². The van der Waals surface area contributed by atoms with E-state index in [1.54, 1.807) is 30.5 Å². The molecule has 3 rings (SSSR count). The molecule has 0 saturated carbocycles. The number of fused-ring (bicyclic) bond motifs is 1. The fraction of sp³-hybridized carbons (Fsp3) is 0.263. The van der Waals surface area contributed by atoms with Crippen molar-refractivity contribution < 1.29 is 23.4 Å². The zero-order chi connectivity index (χ0) is 18.2. The van der Waals surface area contributed by atoms with Gasteiger partial charge in [-0.25, -0.2) is 4.98 Å². The second-order valence-corrected chi connectivity index (χ2v) is 5.94. The highest BCUT2D eigenvalue weighted by atomic mass is 19.3. The Balaban J connectivity index is 2.07. The van der Waals surface area contributed by atoms with Crippen LogP contribution in [0.5, 0.6) is 5.88 Å². The summed E-state index contributed by atoms with van der Waals surface area (Å²) >= 11 is 0. The number of aliphatic hydroxyl groups excluding tert-OH is 1. The van der Waals surface area contributed by atoms with Gasteiger partial charge in [0.05, 0.1) is 13.2 Å². The van der Waals surface area contributed by atoms with Gasteiger partial charge in [-0.3, -0.25) is 4.79 Å². The van der Waals surface area contributed by atoms with E-state index in [-0.39, 0.29) is 17.5 Å². The van der Waals surface area contributed by atoms with E-state index in [4.69, 9.17) is 4.74 Å². The second-order valence-electron chi connectivity index (χ2n) is 5.94. The number of ketones is 1. The highest BCUT2D eigenvalue weighted by Gasteiger charge is 2.46. The molecule has 1 aliphatic carbocycles. The van der Waals surface area contributed by atoms with Gasteiger partial charge in [0, 0.05) is 17.8 Å². The number of hydrogen-bond acceptors (Lipinski definition) is 4. The van der Waals surface area contributed by atoms with Crippen LogP contribution in [0.4, 0.5) is 8.78 Å². The standard InChI is InChI=1S/C19H17F2NO3/c1-11(23)14-4-3-5-15-13(9-16(24)19(20,21)18(14)15)8-12-6-7-17(25-2)22-10-12/h3-7,9-11,23H,8H2,1-2H3/t11-/m0/s1. The predicted octanol–water partition coefficient (Wildman–Crippen LogP) is 3.44. The average Bonchev–Trinajstić information content (AvgIpc) is 2.60. The number of pyridine rings is 1. The summed E-state index contributed by atoms with van der Waals surface area (Å²) < 4.78 is 34.0. The van der Waals surface area contributed by atoms with Crippen molar-refractivity contribution in [3.05, 3.63) is 64.9 Å². The number of ether oxygens (including phenoxy) is 1. The Morgan fingerprint density at radius 1 is 1.28 bits per heavy atom. The SMILES string of the molecule is COc1ccc(CC2=CC(=O)C(F)(F)c3c2cccc3[C@H](C)O)cn1. The van der Waals surface area contributed by atoms with Crippen molar-refractivity contribution in [1.29, 1.82) is 0 Å². The van der Waals surface area contributed by atoms with E-state index in [1.165, 1.54) is 20.1 Å². The van der Waals surface area contributed by atoms with Crippen molar-refractivity contribution in [2.75, 3.05) is 7.11 Å². The maximum absolute atomic E-state index is 14.5. The summed E-state index contributed by atoms with van der Waals surface area (Å²) in [7, 11) is 1.50. The van der Waals surface area contributed by atoms with Gasteiger partial charge in [-0.15, -0.1) is 0 Å². The Kier molecular flexibility index (Phi) is 4.39. The topological polar surface area (TPSA) is 59.4 Å². The molecular formula is C19H17F2NO3. The van der Waals surface area contributed by atoms with Gasteiger partial charge in [0.15, 0.2) is 0 Å². The van der Waals surface area contributed by atoms with Crippen LogP contribution in [0.3, 0.4) is 0 Å². The molecule has 6 heteroatoms. The predicted molar refractivity (Wildman–Crippen MR) is 88.4 cm³/mol. The van der Waals surface area contributed by atoms with Crippen LogP contribution in [-0.4, -0.2) is 23.0 Å². The van der Waals surface area contributed by atoms with Crippen LogP contribution in [0, 0.1) is 0 Å². The highest BCUT2D eigenvalue weighted by Crippen LogP contribution is 2.43. The van der Waals surface area contributed by atoms with E-state index in [2.05, 4.69) is 4.98 Å². The van der Waals surface area contributed by atoms with Gasteiger partial charge in [0.2, 0.25) is 11.7 Å². The molecule has 0 fully saturated rings. The third-order valence-corrected chi connectivity index (χ3v) is 4.22. The number of alkyl halides is 2. The van der Waals surface area contributed by atoms with Crippen molar-refractivity contribution in [1.82, 2.24) is 4.98 Å². The summed E-state index contributed by atoms with van der Waals surface area (Å²) in [5.74, 6) is -4.48. The Morgan fingerprint density at radius 2 is 2.04 bits per heavy atom. The highest BCUT2D eigenvalue weighted by molar-refractivity contribution is 6.06. The Labute approximate surface area is 143 Å². The molecule has 1 N–H and O–H groups in total. The van der Waals surface area contributed by atoms with E-state index in [0.717, 1.165) is 11.6 Å². The lowest BCUT2D eigenvalue weighted by Gasteiger charge is -2.27. The molecule has 0 radical (unpaired) electrons. The summed E-state index contributed by atoms with van der Waals surface area (Å²) in [5.41, 5.74) is 1.17. The smallest absolute Gasteiger partial charge is 0.335 e. The lowest BCUT2D eigenvalue weighted by Crippen LogP contribution is -2.31. The van der Waals surface area contributed by atoms with Gasteiger partial charge in [-0.2, -0.15) is 8.78 Å². The molecule has 1 heterocycles. The summed E-state index contributed by atoms with van der Waals surface area (Å²) in [6.45, 7) is 1.40. The van der Waals surface area contributed by atoms with Crippen LogP contribution in [-0.2, 0) is 17.1 Å². The van der Waals surface area contributed by atoms with Crippen molar-refractivity contribution in [3.63, 3.8) is 0 Å². The van der Waals surface area contributed by atoms with E-state index in [9.17, 15) is 18.7 Å². The number of methoxy groups -OCH3 is 1. The van der Waals surface area contributed by atoms with E-state index in [1.807, 2.05) is 0 Å². The fourth-order valence-electron chi connectivity index (χ4n) is 2.99. The van der Waals surface area contributed by atoms with Gasteiger partial charge in [-0.05, 0) is 41.7 Å². The van der Waals surface area contributed by atoms with Crippen molar-refractivity contribution in [2.45, 2.75) is 25.4 Å². The number of halogens is 2.